The van der Waals surface area contributed by atoms with Gasteiger partial charge in [0.25, 0.3) is 0 Å². The zero-order chi connectivity index (χ0) is 18.1. The maximum atomic E-state index is 13.6. The first-order chi connectivity index (χ1) is 12.6. The lowest BCUT2D eigenvalue weighted by Crippen LogP contribution is -2.48. The third-order valence-corrected chi connectivity index (χ3v) is 5.48. The molecule has 0 aliphatic carbocycles. The van der Waals surface area contributed by atoms with Crippen molar-refractivity contribution >= 4 is 10.9 Å². The highest BCUT2D eigenvalue weighted by Crippen LogP contribution is 2.33. The molecule has 0 N–H and O–H groups in total. The number of hydrogen-bond acceptors (Lipinski definition) is 3. The van der Waals surface area contributed by atoms with Crippen molar-refractivity contribution in [2.45, 2.75) is 44.5 Å². The van der Waals surface area contributed by atoms with Crippen LogP contribution in [0.3, 0.4) is 0 Å². The zero-order valence-electron chi connectivity index (χ0n) is 15.2. The van der Waals surface area contributed by atoms with Gasteiger partial charge in [-0.3, -0.25) is 9.58 Å². The maximum absolute atomic E-state index is 13.6. The van der Waals surface area contributed by atoms with Gasteiger partial charge in [-0.25, -0.2) is 4.39 Å². The van der Waals surface area contributed by atoms with E-state index in [-0.39, 0.29) is 5.82 Å². The molecular formula is C21H26FN3O. The summed E-state index contributed by atoms with van der Waals surface area (Å²) in [5.74, 6) is 0.215. The Hall–Kier alpha value is -1.98. The second-order valence-corrected chi connectivity index (χ2v) is 7.57. The van der Waals surface area contributed by atoms with Crippen molar-refractivity contribution < 1.29 is 9.13 Å². The molecule has 26 heavy (non-hydrogen) atoms. The quantitative estimate of drug-likeness (QED) is 0.708. The molecule has 1 aromatic carbocycles. The van der Waals surface area contributed by atoms with Crippen molar-refractivity contribution in [2.24, 2.45) is 5.92 Å². The van der Waals surface area contributed by atoms with Crippen molar-refractivity contribution in [3.63, 3.8) is 0 Å². The minimum absolute atomic E-state index is 0.212. The second kappa shape index (κ2) is 7.33. The van der Waals surface area contributed by atoms with Crippen molar-refractivity contribution in [1.82, 2.24) is 14.7 Å². The second-order valence-electron chi connectivity index (χ2n) is 7.57. The molecule has 1 fully saturated rings. The molecule has 0 saturated carbocycles. The molecule has 1 aromatic heterocycles. The summed E-state index contributed by atoms with van der Waals surface area (Å²) in [6.45, 7) is 8.40. The molecule has 2 aromatic rings. The van der Waals surface area contributed by atoms with E-state index < -0.39 is 0 Å². The van der Waals surface area contributed by atoms with Crippen LogP contribution in [0.2, 0.25) is 0 Å². The molecule has 3 heterocycles. The monoisotopic (exact) mass is 355 g/mol. The smallest absolute Gasteiger partial charge is 0.125 e. The normalized spacial score (nSPS) is 26.5. The number of hydrogen-bond donors (Lipinski definition) is 0. The van der Waals surface area contributed by atoms with Crippen molar-refractivity contribution in [3.05, 3.63) is 55.0 Å². The summed E-state index contributed by atoms with van der Waals surface area (Å²) in [7, 11) is 0. The summed E-state index contributed by atoms with van der Waals surface area (Å²) >= 11 is 0. The Bertz CT molecular complexity index is 799. The third-order valence-electron chi connectivity index (χ3n) is 5.48. The Kier molecular flexibility index (Phi) is 4.92. The molecule has 2 aliphatic heterocycles. The van der Waals surface area contributed by atoms with Gasteiger partial charge in [-0.15, -0.1) is 6.58 Å². The summed E-state index contributed by atoms with van der Waals surface area (Å²) in [5.41, 5.74) is 0.870. The van der Waals surface area contributed by atoms with Crippen LogP contribution in [0, 0.1) is 11.7 Å². The Morgan fingerprint density at radius 1 is 1.31 bits per heavy atom. The van der Waals surface area contributed by atoms with E-state index in [1.54, 1.807) is 12.1 Å². The Morgan fingerprint density at radius 2 is 2.08 bits per heavy atom. The average molecular weight is 355 g/mol. The molecule has 2 aliphatic rings. The molecule has 0 amide bonds. The van der Waals surface area contributed by atoms with Crippen molar-refractivity contribution in [1.29, 1.82) is 0 Å². The highest BCUT2D eigenvalue weighted by Gasteiger charge is 2.37. The average Bonchev–Trinajstić information content (AvgIpc) is 3.10. The van der Waals surface area contributed by atoms with Crippen LogP contribution < -0.4 is 0 Å². The van der Waals surface area contributed by atoms with Gasteiger partial charge in [0.05, 0.1) is 24.4 Å². The molecule has 0 radical (unpaired) electrons. The van der Waals surface area contributed by atoms with Gasteiger partial charge in [0, 0.05) is 30.6 Å². The summed E-state index contributed by atoms with van der Waals surface area (Å²) < 4.78 is 21.4. The molecule has 4 rings (SSSR count). The van der Waals surface area contributed by atoms with E-state index in [1.165, 1.54) is 6.07 Å². The zero-order valence-corrected chi connectivity index (χ0v) is 15.2. The number of aromatic nitrogens is 2. The first kappa shape index (κ1) is 17.4. The highest BCUT2D eigenvalue weighted by atomic mass is 19.1. The summed E-state index contributed by atoms with van der Waals surface area (Å²) in [5, 5.41) is 5.44. The summed E-state index contributed by atoms with van der Waals surface area (Å²) in [4.78, 5) is 2.57. The third kappa shape index (κ3) is 3.46. The topological polar surface area (TPSA) is 30.3 Å². The SMILES string of the molecule is C=CCOC1CC2C=C[C@@H](C1)N2C[C@@H](C)Cn1ncc2ccc(F)cc21. The minimum atomic E-state index is -0.212. The lowest BCUT2D eigenvalue weighted by atomic mass is 9.97. The van der Waals surface area contributed by atoms with Crippen LogP contribution in [0.1, 0.15) is 19.8 Å². The van der Waals surface area contributed by atoms with Gasteiger partial charge in [-0.1, -0.05) is 25.2 Å². The van der Waals surface area contributed by atoms with Crippen LogP contribution >= 0.6 is 0 Å². The minimum Gasteiger partial charge on any atom is -0.374 e. The van der Waals surface area contributed by atoms with Crippen LogP contribution in [-0.4, -0.2) is 46.0 Å². The first-order valence-corrected chi connectivity index (χ1v) is 9.41. The molecule has 1 saturated heterocycles. The number of rotatable bonds is 7. The van der Waals surface area contributed by atoms with Gasteiger partial charge in [0.15, 0.2) is 0 Å². The largest absolute Gasteiger partial charge is 0.374 e. The Balaban J connectivity index is 1.39. The highest BCUT2D eigenvalue weighted by molar-refractivity contribution is 5.78. The van der Waals surface area contributed by atoms with E-state index in [1.807, 2.05) is 17.0 Å². The number of halogens is 1. The molecular weight excluding hydrogens is 329 g/mol. The molecule has 4 nitrogen and oxygen atoms in total. The van der Waals surface area contributed by atoms with E-state index in [0.29, 0.717) is 30.7 Å². The molecule has 0 spiro atoms. The van der Waals surface area contributed by atoms with Gasteiger partial charge >= 0.3 is 0 Å². The van der Waals surface area contributed by atoms with E-state index in [0.717, 1.165) is 36.8 Å². The molecule has 138 valence electrons. The van der Waals surface area contributed by atoms with Gasteiger partial charge in [-0.2, -0.15) is 5.10 Å². The predicted molar refractivity (Wildman–Crippen MR) is 101 cm³/mol. The first-order valence-electron chi connectivity index (χ1n) is 9.41. The number of ether oxygens (including phenoxy) is 1. The van der Waals surface area contributed by atoms with Crippen LogP contribution in [0.15, 0.2) is 49.2 Å². The fourth-order valence-corrected chi connectivity index (χ4v) is 4.30. The molecule has 4 atom stereocenters. The van der Waals surface area contributed by atoms with Crippen LogP contribution in [0.4, 0.5) is 4.39 Å². The lowest BCUT2D eigenvalue weighted by Gasteiger charge is -2.40. The van der Waals surface area contributed by atoms with E-state index in [9.17, 15) is 4.39 Å². The van der Waals surface area contributed by atoms with Gasteiger partial charge < -0.3 is 4.74 Å². The number of piperidine rings is 1. The van der Waals surface area contributed by atoms with Crippen LogP contribution in [0.25, 0.3) is 10.9 Å². The van der Waals surface area contributed by atoms with E-state index in [2.05, 4.69) is 35.7 Å². The molecule has 5 heteroatoms. The van der Waals surface area contributed by atoms with E-state index in [4.69, 9.17) is 4.74 Å². The van der Waals surface area contributed by atoms with Crippen LogP contribution in [-0.2, 0) is 11.3 Å². The Labute approximate surface area is 153 Å². The Morgan fingerprint density at radius 3 is 2.81 bits per heavy atom. The van der Waals surface area contributed by atoms with E-state index >= 15 is 0 Å². The maximum Gasteiger partial charge on any atom is 0.125 e. The fraction of sp³-hybridized carbons (Fsp3) is 0.476. The van der Waals surface area contributed by atoms with Gasteiger partial charge in [0.2, 0.25) is 0 Å². The summed E-state index contributed by atoms with van der Waals surface area (Å²) in [6, 6.07) is 5.76. The van der Waals surface area contributed by atoms with Crippen molar-refractivity contribution in [3.8, 4) is 0 Å². The standard InChI is InChI=1S/C21H26FN3O/c1-3-8-26-20-10-18-6-7-19(11-20)24(18)13-15(2)14-25-21-9-17(22)5-4-16(21)12-23-25/h3-7,9,12,15,18-20H,1,8,10-11,13-14H2,2H3/t15-,18+,19?,20?/m1/s1. The predicted octanol–water partition coefficient (Wildman–Crippen LogP) is 3.79. The van der Waals surface area contributed by atoms with Gasteiger partial charge in [-0.05, 0) is 37.0 Å². The van der Waals surface area contributed by atoms with Gasteiger partial charge in [0.1, 0.15) is 5.82 Å². The lowest BCUT2D eigenvalue weighted by molar-refractivity contribution is -0.00738. The number of nitrogens with zero attached hydrogens (tertiary/aromatic N) is 3. The number of benzene rings is 1. The number of fused-ring (bicyclic) bond motifs is 3. The summed E-state index contributed by atoms with van der Waals surface area (Å²) in [6.07, 6.45) is 10.7. The molecule has 2 bridgehead atoms. The van der Waals surface area contributed by atoms with Crippen LogP contribution in [0.5, 0.6) is 0 Å². The molecule has 2 unspecified atom stereocenters. The van der Waals surface area contributed by atoms with Crippen molar-refractivity contribution in [2.75, 3.05) is 13.2 Å². The fourth-order valence-electron chi connectivity index (χ4n) is 4.30.